The topological polar surface area (TPSA) is 79.8 Å². The molecule has 1 aromatic carbocycles. The largest absolute Gasteiger partial charge is 0.278 e. The van der Waals surface area contributed by atoms with Crippen molar-refractivity contribution in [1.29, 1.82) is 5.26 Å². The maximum absolute atomic E-state index is 10.8. The Labute approximate surface area is 96.5 Å². The highest BCUT2D eigenvalue weighted by Gasteiger charge is 2.13. The van der Waals surface area contributed by atoms with Gasteiger partial charge in [-0.1, -0.05) is 0 Å². The number of nitro groups is 1. The summed E-state index contributed by atoms with van der Waals surface area (Å²) >= 11 is 0. The van der Waals surface area contributed by atoms with Crippen LogP contribution in [0.2, 0.25) is 0 Å². The molecule has 2 rings (SSSR count). The Morgan fingerprint density at radius 3 is 2.88 bits per heavy atom. The Morgan fingerprint density at radius 1 is 1.35 bits per heavy atom. The zero-order valence-electron chi connectivity index (χ0n) is 8.54. The third kappa shape index (κ3) is 1.90. The number of nitriles is 1. The minimum absolute atomic E-state index is 0.0180. The highest BCUT2D eigenvalue weighted by Crippen LogP contribution is 2.26. The zero-order chi connectivity index (χ0) is 12.3. The molecule has 1 aromatic heterocycles. The van der Waals surface area contributed by atoms with Gasteiger partial charge in [-0.25, -0.2) is 0 Å². The van der Waals surface area contributed by atoms with Crippen molar-refractivity contribution in [2.45, 2.75) is 0 Å². The van der Waals surface area contributed by atoms with Gasteiger partial charge in [0.25, 0.3) is 5.69 Å². The molecule has 0 aliphatic rings. The molecule has 0 aliphatic heterocycles. The van der Waals surface area contributed by atoms with Crippen molar-refractivity contribution in [2.75, 3.05) is 0 Å². The lowest BCUT2D eigenvalue weighted by Gasteiger charge is -2.00. The van der Waals surface area contributed by atoms with Crippen LogP contribution in [0.15, 0.2) is 30.5 Å². The normalized spacial score (nSPS) is 9.12. The average Bonchev–Trinajstić information content (AvgIpc) is 2.35. The number of hydrogen-bond donors (Lipinski definition) is 0. The van der Waals surface area contributed by atoms with Gasteiger partial charge in [-0.3, -0.25) is 15.1 Å². The number of nitro benzene ring substituents is 1. The van der Waals surface area contributed by atoms with Gasteiger partial charge in [0.05, 0.1) is 21.4 Å². The van der Waals surface area contributed by atoms with E-state index in [9.17, 15) is 10.1 Å². The first kappa shape index (κ1) is 10.6. The molecule has 0 bridgehead atoms. The number of pyridine rings is 1. The lowest BCUT2D eigenvalue weighted by molar-refractivity contribution is -0.383. The number of benzene rings is 1. The van der Waals surface area contributed by atoms with Gasteiger partial charge in [0, 0.05) is 18.2 Å². The summed E-state index contributed by atoms with van der Waals surface area (Å²) in [4.78, 5) is 14.4. The summed E-state index contributed by atoms with van der Waals surface area (Å²) in [6, 6.07) is 7.79. The predicted octanol–water partition coefficient (Wildman–Crippen LogP) is 2.02. The highest BCUT2D eigenvalue weighted by molar-refractivity contribution is 5.92. The first-order chi connectivity index (χ1) is 8.24. The summed E-state index contributed by atoms with van der Waals surface area (Å²) in [6.45, 7) is 0. The van der Waals surface area contributed by atoms with Gasteiger partial charge >= 0.3 is 0 Å². The van der Waals surface area contributed by atoms with Gasteiger partial charge in [0.15, 0.2) is 6.07 Å². The summed E-state index contributed by atoms with van der Waals surface area (Å²) < 4.78 is 0. The lowest BCUT2D eigenvalue weighted by Crippen LogP contribution is -1.92. The monoisotopic (exact) mass is 223 g/mol. The second-order valence-electron chi connectivity index (χ2n) is 3.15. The second-order valence-corrected chi connectivity index (χ2v) is 3.15. The average molecular weight is 223 g/mol. The van der Waals surface area contributed by atoms with E-state index in [1.165, 1.54) is 18.3 Å². The fourth-order valence-electron chi connectivity index (χ4n) is 1.51. The van der Waals surface area contributed by atoms with E-state index in [0.717, 1.165) is 0 Å². The third-order valence-corrected chi connectivity index (χ3v) is 2.20. The Hall–Kier alpha value is -2.92. The molecule has 0 fully saturated rings. The van der Waals surface area contributed by atoms with Crippen molar-refractivity contribution in [2.24, 2.45) is 0 Å². The van der Waals surface area contributed by atoms with E-state index in [1.54, 1.807) is 18.2 Å². The highest BCUT2D eigenvalue weighted by atomic mass is 16.6. The molecule has 17 heavy (non-hydrogen) atoms. The Kier molecular flexibility index (Phi) is 2.68. The van der Waals surface area contributed by atoms with E-state index in [4.69, 9.17) is 5.26 Å². The van der Waals surface area contributed by atoms with Crippen LogP contribution in [0.1, 0.15) is 5.56 Å². The molecule has 5 heteroatoms. The Bertz CT molecular complexity index is 705. The van der Waals surface area contributed by atoms with Crippen LogP contribution in [0.4, 0.5) is 5.69 Å². The van der Waals surface area contributed by atoms with E-state index >= 15 is 0 Å². The standard InChI is InChI=1S/C12H5N3O2/c13-7-1-3-9-5-6-11(15(16)17)10-4-2-8-14-12(9)10/h2,4-6,8H. The third-order valence-electron chi connectivity index (χ3n) is 2.20. The van der Waals surface area contributed by atoms with E-state index in [0.29, 0.717) is 16.5 Å². The smallest absolute Gasteiger partial charge is 0.258 e. The van der Waals surface area contributed by atoms with Crippen molar-refractivity contribution in [3.05, 3.63) is 46.1 Å². The van der Waals surface area contributed by atoms with Crippen LogP contribution in [0, 0.1) is 33.3 Å². The van der Waals surface area contributed by atoms with Crippen LogP contribution in [0.25, 0.3) is 10.9 Å². The zero-order valence-corrected chi connectivity index (χ0v) is 8.54. The summed E-state index contributed by atoms with van der Waals surface area (Å²) in [7, 11) is 0. The molecule has 0 saturated heterocycles. The summed E-state index contributed by atoms with van der Waals surface area (Å²) in [5, 5.41) is 19.6. The SMILES string of the molecule is N#CC#Cc1ccc([N+](=O)[O-])c2cccnc12. The molecule has 2 aromatic rings. The van der Waals surface area contributed by atoms with Crippen LogP contribution in [-0.2, 0) is 0 Å². The van der Waals surface area contributed by atoms with Gasteiger partial charge in [0.2, 0.25) is 0 Å². The van der Waals surface area contributed by atoms with Crippen LogP contribution in [0.3, 0.4) is 0 Å². The number of fused-ring (bicyclic) bond motifs is 1. The molecular formula is C12H5N3O2. The van der Waals surface area contributed by atoms with Gasteiger partial charge in [-0.2, -0.15) is 5.26 Å². The first-order valence-corrected chi connectivity index (χ1v) is 4.66. The second kappa shape index (κ2) is 4.30. The van der Waals surface area contributed by atoms with Crippen molar-refractivity contribution in [3.8, 4) is 17.9 Å². The van der Waals surface area contributed by atoms with Crippen molar-refractivity contribution < 1.29 is 4.92 Å². The van der Waals surface area contributed by atoms with Crippen LogP contribution < -0.4 is 0 Å². The lowest BCUT2D eigenvalue weighted by atomic mass is 10.1. The van der Waals surface area contributed by atoms with Crippen LogP contribution >= 0.6 is 0 Å². The van der Waals surface area contributed by atoms with Gasteiger partial charge in [0.1, 0.15) is 0 Å². The van der Waals surface area contributed by atoms with Gasteiger partial charge < -0.3 is 0 Å². The molecule has 1 heterocycles. The number of hydrogen-bond acceptors (Lipinski definition) is 4. The van der Waals surface area contributed by atoms with Gasteiger partial charge in [-0.05, 0) is 24.1 Å². The molecule has 0 N–H and O–H groups in total. The van der Waals surface area contributed by atoms with E-state index in [1.807, 2.05) is 0 Å². The number of nitrogens with zero attached hydrogens (tertiary/aromatic N) is 3. The van der Waals surface area contributed by atoms with E-state index in [-0.39, 0.29) is 5.69 Å². The summed E-state index contributed by atoms with van der Waals surface area (Å²) in [6.07, 6.45) is 1.53. The number of non-ortho nitro benzene ring substituents is 1. The molecule has 80 valence electrons. The van der Waals surface area contributed by atoms with Crippen molar-refractivity contribution >= 4 is 16.6 Å². The molecule has 0 radical (unpaired) electrons. The Balaban J connectivity index is 2.80. The molecule has 0 atom stereocenters. The number of aromatic nitrogens is 1. The van der Waals surface area contributed by atoms with E-state index < -0.39 is 4.92 Å². The van der Waals surface area contributed by atoms with Crippen LogP contribution in [0.5, 0.6) is 0 Å². The Morgan fingerprint density at radius 2 is 2.18 bits per heavy atom. The molecule has 0 spiro atoms. The quantitative estimate of drug-likeness (QED) is 0.420. The maximum Gasteiger partial charge on any atom is 0.278 e. The van der Waals surface area contributed by atoms with Crippen LogP contribution in [-0.4, -0.2) is 9.91 Å². The maximum atomic E-state index is 10.8. The molecule has 0 amide bonds. The molecular weight excluding hydrogens is 218 g/mol. The minimum Gasteiger partial charge on any atom is -0.258 e. The predicted molar refractivity (Wildman–Crippen MR) is 60.9 cm³/mol. The number of rotatable bonds is 1. The molecule has 0 saturated carbocycles. The van der Waals surface area contributed by atoms with Crippen molar-refractivity contribution in [1.82, 2.24) is 4.98 Å². The summed E-state index contributed by atoms with van der Waals surface area (Å²) in [5.74, 6) is 4.86. The molecule has 0 unspecified atom stereocenters. The molecule has 0 aliphatic carbocycles. The van der Waals surface area contributed by atoms with Crippen molar-refractivity contribution in [3.63, 3.8) is 0 Å². The van der Waals surface area contributed by atoms with E-state index in [2.05, 4.69) is 16.8 Å². The first-order valence-electron chi connectivity index (χ1n) is 4.66. The van der Waals surface area contributed by atoms with Gasteiger partial charge in [-0.15, -0.1) is 0 Å². The summed E-state index contributed by atoms with van der Waals surface area (Å²) in [5.41, 5.74) is 0.924. The molecule has 5 nitrogen and oxygen atoms in total. The fraction of sp³-hybridized carbons (Fsp3) is 0. The fourth-order valence-corrected chi connectivity index (χ4v) is 1.51. The minimum atomic E-state index is -0.467.